The van der Waals surface area contributed by atoms with Crippen molar-refractivity contribution in [2.45, 2.75) is 19.3 Å². The lowest BCUT2D eigenvalue weighted by Crippen LogP contribution is -2.35. The largest absolute Gasteiger partial charge is 0.451 e. The van der Waals surface area contributed by atoms with Crippen LogP contribution in [0.5, 0.6) is 0 Å². The van der Waals surface area contributed by atoms with Crippen molar-refractivity contribution in [3.8, 4) is 0 Å². The van der Waals surface area contributed by atoms with Crippen LogP contribution >= 0.6 is 11.6 Å². The summed E-state index contributed by atoms with van der Waals surface area (Å²) in [6, 6.07) is 5.38. The van der Waals surface area contributed by atoms with Gasteiger partial charge in [0.2, 0.25) is 5.82 Å². The molecule has 3 heterocycles. The van der Waals surface area contributed by atoms with E-state index in [9.17, 15) is 13.2 Å². The zero-order valence-electron chi connectivity index (χ0n) is 11.5. The lowest BCUT2D eigenvalue weighted by atomic mass is 10.3. The van der Waals surface area contributed by atoms with Crippen molar-refractivity contribution in [3.05, 3.63) is 34.9 Å². The number of aromatic nitrogens is 4. The number of rotatable bonds is 1. The summed E-state index contributed by atoms with van der Waals surface area (Å²) >= 11 is 5.90. The second kappa shape index (κ2) is 4.85. The second-order valence-corrected chi connectivity index (χ2v) is 5.56. The van der Waals surface area contributed by atoms with Crippen molar-refractivity contribution in [2.75, 3.05) is 11.4 Å². The van der Waals surface area contributed by atoms with Gasteiger partial charge in [0.1, 0.15) is 5.52 Å². The van der Waals surface area contributed by atoms with Gasteiger partial charge in [0.05, 0.1) is 6.54 Å². The summed E-state index contributed by atoms with van der Waals surface area (Å²) in [5.74, 6) is -0.750. The van der Waals surface area contributed by atoms with Crippen LogP contribution < -0.4 is 4.90 Å². The molecule has 0 radical (unpaired) electrons. The zero-order chi connectivity index (χ0) is 16.2. The number of nitrogens with zero attached hydrogens (tertiary/aromatic N) is 5. The van der Waals surface area contributed by atoms with E-state index in [1.807, 2.05) is 0 Å². The molecule has 0 saturated carbocycles. The van der Waals surface area contributed by atoms with E-state index in [0.717, 1.165) is 4.57 Å². The Kier molecular flexibility index (Phi) is 3.02. The predicted molar refractivity (Wildman–Crippen MR) is 75.1 cm³/mol. The molecular formula is C13H9ClF3N5O. The lowest BCUT2D eigenvalue weighted by Gasteiger charge is -2.26. The minimum Gasteiger partial charge on any atom is -0.423 e. The van der Waals surface area contributed by atoms with Gasteiger partial charge in [-0.05, 0) is 12.1 Å². The van der Waals surface area contributed by atoms with Gasteiger partial charge in [-0.3, -0.25) is 0 Å². The molecule has 2 aromatic heterocycles. The third-order valence-corrected chi connectivity index (χ3v) is 3.85. The topological polar surface area (TPSA) is 60.0 Å². The number of alkyl halides is 3. The molecule has 120 valence electrons. The van der Waals surface area contributed by atoms with Crippen LogP contribution in [0.1, 0.15) is 11.6 Å². The molecule has 1 aliphatic heterocycles. The molecular weight excluding hydrogens is 335 g/mol. The monoisotopic (exact) mass is 343 g/mol. The minimum absolute atomic E-state index is 0.108. The summed E-state index contributed by atoms with van der Waals surface area (Å²) in [6.07, 6.45) is -4.51. The smallest absolute Gasteiger partial charge is 0.423 e. The fraction of sp³-hybridized carbons (Fsp3) is 0.308. The van der Waals surface area contributed by atoms with Crippen molar-refractivity contribution in [1.82, 2.24) is 19.7 Å². The average Bonchev–Trinajstić information content (AvgIpc) is 3.08. The van der Waals surface area contributed by atoms with Gasteiger partial charge < -0.3 is 13.9 Å². The second-order valence-electron chi connectivity index (χ2n) is 5.12. The molecule has 0 aliphatic carbocycles. The van der Waals surface area contributed by atoms with Crippen LogP contribution in [-0.2, 0) is 19.3 Å². The molecule has 1 aliphatic rings. The summed E-state index contributed by atoms with van der Waals surface area (Å²) in [6.45, 7) is 0.564. The van der Waals surface area contributed by atoms with E-state index in [1.54, 1.807) is 23.1 Å². The maximum atomic E-state index is 12.8. The fourth-order valence-corrected chi connectivity index (χ4v) is 2.71. The summed E-state index contributed by atoms with van der Waals surface area (Å²) in [4.78, 5) is 6.05. The van der Waals surface area contributed by atoms with Crippen molar-refractivity contribution in [2.24, 2.45) is 0 Å². The molecule has 0 spiro atoms. The van der Waals surface area contributed by atoms with Gasteiger partial charge in [0, 0.05) is 24.2 Å². The van der Waals surface area contributed by atoms with Crippen LogP contribution in [-0.4, -0.2) is 26.3 Å². The third-order valence-electron chi connectivity index (χ3n) is 3.62. The van der Waals surface area contributed by atoms with Crippen molar-refractivity contribution in [3.63, 3.8) is 0 Å². The highest BCUT2D eigenvalue weighted by Gasteiger charge is 2.39. The minimum atomic E-state index is -4.51. The Morgan fingerprint density at radius 1 is 1.17 bits per heavy atom. The Labute approximate surface area is 132 Å². The van der Waals surface area contributed by atoms with E-state index in [0.29, 0.717) is 28.7 Å². The number of fused-ring (bicyclic) bond motifs is 2. The van der Waals surface area contributed by atoms with Crippen molar-refractivity contribution < 1.29 is 17.6 Å². The van der Waals surface area contributed by atoms with Crippen molar-refractivity contribution in [1.29, 1.82) is 0 Å². The fourth-order valence-electron chi connectivity index (χ4n) is 2.55. The number of benzene rings is 1. The van der Waals surface area contributed by atoms with E-state index >= 15 is 0 Å². The number of halogens is 4. The van der Waals surface area contributed by atoms with Gasteiger partial charge in [-0.15, -0.1) is 10.2 Å². The van der Waals surface area contributed by atoms with E-state index in [1.165, 1.54) is 0 Å². The first kappa shape index (κ1) is 14.3. The molecule has 0 fully saturated rings. The van der Waals surface area contributed by atoms with Gasteiger partial charge >= 0.3 is 6.18 Å². The molecule has 1 aromatic carbocycles. The molecule has 0 saturated heterocycles. The van der Waals surface area contributed by atoms with Crippen LogP contribution in [0, 0.1) is 0 Å². The highest BCUT2D eigenvalue weighted by Crippen LogP contribution is 2.31. The first-order valence-electron chi connectivity index (χ1n) is 6.72. The third kappa shape index (κ3) is 2.40. The molecule has 0 unspecified atom stereocenters. The Hall–Kier alpha value is -2.29. The Bertz CT molecular complexity index is 887. The maximum absolute atomic E-state index is 12.8. The molecule has 0 N–H and O–H groups in total. The molecule has 0 amide bonds. The normalized spacial score (nSPS) is 15.2. The molecule has 3 aromatic rings. The summed E-state index contributed by atoms with van der Waals surface area (Å²) in [5, 5.41) is 7.39. The Morgan fingerprint density at radius 3 is 2.78 bits per heavy atom. The number of hydrogen-bond acceptors (Lipinski definition) is 5. The van der Waals surface area contributed by atoms with Crippen LogP contribution in [0.2, 0.25) is 5.02 Å². The first-order valence-corrected chi connectivity index (χ1v) is 7.10. The van der Waals surface area contributed by atoms with Crippen LogP contribution in [0.15, 0.2) is 22.6 Å². The van der Waals surface area contributed by atoms with Gasteiger partial charge in [-0.2, -0.15) is 18.2 Å². The van der Waals surface area contributed by atoms with Crippen LogP contribution in [0.4, 0.5) is 19.2 Å². The molecule has 10 heteroatoms. The number of anilines is 1. The van der Waals surface area contributed by atoms with E-state index < -0.39 is 12.0 Å². The number of oxazole rings is 1. The highest BCUT2D eigenvalue weighted by atomic mass is 35.5. The Morgan fingerprint density at radius 2 is 2.00 bits per heavy atom. The molecule has 4 rings (SSSR count). The summed E-state index contributed by atoms with van der Waals surface area (Å²) < 4.78 is 45.2. The predicted octanol–water partition coefficient (Wildman–Crippen LogP) is 3.11. The standard InChI is InChI=1S/C13H9ClF3N5O/c14-7-1-2-8-9(5-7)23-12(18-8)21-3-4-22-10(6-21)19-20-11(22)13(15,16)17/h1-2,5H,3-4,6H2. The van der Waals surface area contributed by atoms with E-state index in [4.69, 9.17) is 16.0 Å². The van der Waals surface area contributed by atoms with Gasteiger partial charge in [0.15, 0.2) is 11.4 Å². The molecule has 6 nitrogen and oxygen atoms in total. The molecule has 23 heavy (non-hydrogen) atoms. The highest BCUT2D eigenvalue weighted by molar-refractivity contribution is 6.31. The molecule has 0 bridgehead atoms. The van der Waals surface area contributed by atoms with Crippen LogP contribution in [0.3, 0.4) is 0 Å². The quantitative estimate of drug-likeness (QED) is 0.679. The van der Waals surface area contributed by atoms with Crippen molar-refractivity contribution >= 4 is 28.7 Å². The van der Waals surface area contributed by atoms with Gasteiger partial charge in [0.25, 0.3) is 6.01 Å². The zero-order valence-corrected chi connectivity index (χ0v) is 12.3. The maximum Gasteiger partial charge on any atom is 0.451 e. The Balaban J connectivity index is 1.66. The van der Waals surface area contributed by atoms with Crippen LogP contribution in [0.25, 0.3) is 11.1 Å². The van der Waals surface area contributed by atoms with E-state index in [-0.39, 0.29) is 18.9 Å². The SMILES string of the molecule is FC(F)(F)c1nnc2n1CCN(c1nc3ccc(Cl)cc3o1)C2. The summed E-state index contributed by atoms with van der Waals surface area (Å²) in [7, 11) is 0. The molecule has 0 atom stereocenters. The van der Waals surface area contributed by atoms with Gasteiger partial charge in [-0.25, -0.2) is 0 Å². The first-order chi connectivity index (χ1) is 10.9. The average molecular weight is 344 g/mol. The van der Waals surface area contributed by atoms with Gasteiger partial charge in [-0.1, -0.05) is 11.6 Å². The number of hydrogen-bond donors (Lipinski definition) is 0. The van der Waals surface area contributed by atoms with E-state index in [2.05, 4.69) is 15.2 Å². The lowest BCUT2D eigenvalue weighted by molar-refractivity contribution is -0.147. The summed E-state index contributed by atoms with van der Waals surface area (Å²) in [5.41, 5.74) is 1.16.